The topological polar surface area (TPSA) is 96.7 Å². The molecular formula is C23H19BrClN5O3. The lowest BCUT2D eigenvalue weighted by Crippen LogP contribution is -2.55. The number of likely N-dealkylation sites (tertiary alicyclic amines) is 1. The first-order valence-corrected chi connectivity index (χ1v) is 11.6. The molecule has 5 amide bonds. The summed E-state index contributed by atoms with van der Waals surface area (Å²) in [6, 6.07) is 8.54. The number of halogens is 2. The molecule has 2 bridgehead atoms. The average molecular weight is 529 g/mol. The number of nitrogens with zero attached hydrogens (tertiary/aromatic N) is 4. The number of nitrogens with one attached hydrogen (secondary N) is 1. The number of amides is 5. The van der Waals surface area contributed by atoms with E-state index in [1.807, 2.05) is 25.1 Å². The van der Waals surface area contributed by atoms with E-state index in [0.717, 1.165) is 14.9 Å². The number of hydrogen-bond acceptors (Lipinski definition) is 4. The normalized spacial score (nSPS) is 23.2. The molecule has 1 N–H and O–H groups in total. The summed E-state index contributed by atoms with van der Waals surface area (Å²) in [7, 11) is 0. The van der Waals surface area contributed by atoms with E-state index in [9.17, 15) is 19.6 Å². The second-order valence-electron chi connectivity index (χ2n) is 8.49. The predicted octanol–water partition coefficient (Wildman–Crippen LogP) is 4.42. The van der Waals surface area contributed by atoms with Gasteiger partial charge in [0.2, 0.25) is 0 Å². The second-order valence-corrected chi connectivity index (χ2v) is 9.73. The van der Waals surface area contributed by atoms with Crippen molar-refractivity contribution in [1.82, 2.24) is 9.80 Å². The fourth-order valence-electron chi connectivity index (χ4n) is 5.03. The lowest BCUT2D eigenvalue weighted by molar-refractivity contribution is -0.120. The molecule has 2 aromatic carbocycles. The first-order valence-electron chi connectivity index (χ1n) is 10.4. The summed E-state index contributed by atoms with van der Waals surface area (Å²) in [5, 5.41) is 12.3. The van der Waals surface area contributed by atoms with Crippen LogP contribution in [0, 0.1) is 25.2 Å². The van der Waals surface area contributed by atoms with E-state index in [1.165, 1.54) is 6.07 Å². The molecule has 33 heavy (non-hydrogen) atoms. The van der Waals surface area contributed by atoms with Crippen LogP contribution in [0.3, 0.4) is 0 Å². The minimum absolute atomic E-state index is 0.219. The predicted molar refractivity (Wildman–Crippen MR) is 126 cm³/mol. The van der Waals surface area contributed by atoms with Crippen LogP contribution in [0.15, 0.2) is 34.8 Å². The Bertz CT molecular complexity index is 1280. The van der Waals surface area contributed by atoms with Crippen molar-refractivity contribution in [3.05, 3.63) is 56.5 Å². The number of rotatable bonds is 2. The van der Waals surface area contributed by atoms with Crippen molar-refractivity contribution in [2.75, 3.05) is 16.8 Å². The second kappa shape index (κ2) is 7.75. The summed E-state index contributed by atoms with van der Waals surface area (Å²) in [4.78, 5) is 44.0. The van der Waals surface area contributed by atoms with Gasteiger partial charge in [0, 0.05) is 16.7 Å². The van der Waals surface area contributed by atoms with Crippen LogP contribution in [-0.4, -0.2) is 52.4 Å². The van der Waals surface area contributed by atoms with Crippen molar-refractivity contribution >= 4 is 56.9 Å². The first-order chi connectivity index (χ1) is 15.7. The highest BCUT2D eigenvalue weighted by molar-refractivity contribution is 9.10. The van der Waals surface area contributed by atoms with Crippen LogP contribution in [0.1, 0.15) is 23.1 Å². The van der Waals surface area contributed by atoms with Crippen molar-refractivity contribution in [3.8, 4) is 6.07 Å². The molecule has 3 aliphatic heterocycles. The largest absolute Gasteiger partial charge is 0.332 e. The summed E-state index contributed by atoms with van der Waals surface area (Å²) in [6.45, 7) is 3.98. The molecule has 0 aliphatic carbocycles. The van der Waals surface area contributed by atoms with Crippen LogP contribution in [0.25, 0.3) is 0 Å². The Hall–Kier alpha value is -3.09. The molecule has 8 nitrogen and oxygen atoms in total. The molecule has 2 aromatic rings. The molecule has 10 heteroatoms. The Morgan fingerprint density at radius 2 is 2.00 bits per heavy atom. The monoisotopic (exact) mass is 527 g/mol. The van der Waals surface area contributed by atoms with Gasteiger partial charge in [0.1, 0.15) is 12.1 Å². The van der Waals surface area contributed by atoms with Gasteiger partial charge in [0.25, 0.3) is 5.91 Å². The third-order valence-corrected chi connectivity index (χ3v) is 8.03. The molecule has 3 saturated heterocycles. The van der Waals surface area contributed by atoms with Crippen molar-refractivity contribution in [2.45, 2.75) is 38.4 Å². The summed E-state index contributed by atoms with van der Waals surface area (Å²) in [6.07, 6.45) is 0.565. The van der Waals surface area contributed by atoms with Gasteiger partial charge in [-0.05, 0) is 61.7 Å². The van der Waals surface area contributed by atoms with Gasteiger partial charge in [-0.15, -0.1) is 0 Å². The molecule has 3 atom stereocenters. The smallest absolute Gasteiger partial charge is 0.317 e. The summed E-state index contributed by atoms with van der Waals surface area (Å²) >= 11 is 9.72. The standard InChI is InChI=1S/C23H19BrClN5O3/c1-11-7-14(4-5-16(11)24)27-22(32)28-10-15-8-18(28)20-21(31)30(23(33)29(15)20)17-6-3-13(9-26)19(25)12(17)2/h3-7,15,18,20H,8,10H2,1-2H3,(H,27,32)/t15?,18?,20-/m1/s1. The zero-order chi connectivity index (χ0) is 23.6. The zero-order valence-electron chi connectivity index (χ0n) is 17.8. The lowest BCUT2D eigenvalue weighted by Gasteiger charge is -2.34. The molecule has 0 aromatic heterocycles. The SMILES string of the molecule is Cc1cc(NC(=O)N2CC3CC2[C@@H]2C(=O)N(c4ccc(C#N)c(Cl)c4C)C(=O)N32)ccc1Br. The Balaban J connectivity index is 1.40. The van der Waals surface area contributed by atoms with Crippen LogP contribution >= 0.6 is 27.5 Å². The quantitative estimate of drug-likeness (QED) is 0.584. The fourth-order valence-corrected chi connectivity index (χ4v) is 5.48. The van der Waals surface area contributed by atoms with Crippen LogP contribution in [0.2, 0.25) is 5.02 Å². The Kier molecular flexibility index (Phi) is 5.10. The zero-order valence-corrected chi connectivity index (χ0v) is 20.1. The number of piperazine rings is 1. The fraction of sp³-hybridized carbons (Fsp3) is 0.304. The average Bonchev–Trinajstić information content (AvgIpc) is 3.45. The van der Waals surface area contributed by atoms with E-state index < -0.39 is 18.1 Å². The molecule has 0 spiro atoms. The minimum Gasteiger partial charge on any atom is -0.317 e. The van der Waals surface area contributed by atoms with E-state index in [0.29, 0.717) is 29.9 Å². The Morgan fingerprint density at radius 1 is 1.24 bits per heavy atom. The summed E-state index contributed by atoms with van der Waals surface area (Å²) < 4.78 is 0.949. The van der Waals surface area contributed by atoms with Crippen molar-refractivity contribution in [2.24, 2.45) is 0 Å². The number of nitriles is 1. The third-order valence-electron chi connectivity index (χ3n) is 6.65. The van der Waals surface area contributed by atoms with Crippen molar-refractivity contribution in [1.29, 1.82) is 5.26 Å². The highest BCUT2D eigenvalue weighted by atomic mass is 79.9. The number of hydrogen-bond donors (Lipinski definition) is 1. The number of fused-ring (bicyclic) bond motifs is 5. The van der Waals surface area contributed by atoms with Crippen LogP contribution in [0.4, 0.5) is 21.0 Å². The Morgan fingerprint density at radius 3 is 2.70 bits per heavy atom. The van der Waals surface area contributed by atoms with E-state index in [-0.39, 0.29) is 28.6 Å². The van der Waals surface area contributed by atoms with Crippen LogP contribution in [-0.2, 0) is 4.79 Å². The lowest BCUT2D eigenvalue weighted by atomic mass is 10.1. The van der Waals surface area contributed by atoms with Gasteiger partial charge in [0.15, 0.2) is 0 Å². The van der Waals surface area contributed by atoms with Gasteiger partial charge >= 0.3 is 12.1 Å². The molecule has 0 radical (unpaired) electrons. The molecular weight excluding hydrogens is 510 g/mol. The number of benzene rings is 2. The minimum atomic E-state index is -0.734. The molecule has 168 valence electrons. The van der Waals surface area contributed by atoms with E-state index in [1.54, 1.807) is 28.9 Å². The number of carbonyl (C=O) groups excluding carboxylic acids is 3. The van der Waals surface area contributed by atoms with Gasteiger partial charge in [0.05, 0.1) is 28.4 Å². The molecule has 0 saturated carbocycles. The Labute approximate surface area is 203 Å². The molecule has 3 aliphatic rings. The third kappa shape index (κ3) is 3.20. The number of urea groups is 2. The van der Waals surface area contributed by atoms with Crippen LogP contribution in [0.5, 0.6) is 0 Å². The maximum absolute atomic E-state index is 13.4. The summed E-state index contributed by atoms with van der Waals surface area (Å²) in [5.41, 5.74) is 2.79. The van der Waals surface area contributed by atoms with Gasteiger partial charge in [-0.2, -0.15) is 5.26 Å². The van der Waals surface area contributed by atoms with Gasteiger partial charge in [-0.25, -0.2) is 14.5 Å². The summed E-state index contributed by atoms with van der Waals surface area (Å²) in [5.74, 6) is -0.381. The maximum Gasteiger partial charge on any atom is 0.332 e. The molecule has 5 rings (SSSR count). The van der Waals surface area contributed by atoms with E-state index >= 15 is 0 Å². The highest BCUT2D eigenvalue weighted by Gasteiger charge is 2.63. The van der Waals surface area contributed by atoms with Crippen LogP contribution < -0.4 is 10.2 Å². The van der Waals surface area contributed by atoms with E-state index in [4.69, 9.17) is 11.6 Å². The number of aryl methyl sites for hydroxylation is 1. The van der Waals surface area contributed by atoms with Gasteiger partial charge in [-0.1, -0.05) is 27.5 Å². The molecule has 3 heterocycles. The maximum atomic E-state index is 13.4. The number of imide groups is 1. The van der Waals surface area contributed by atoms with E-state index in [2.05, 4.69) is 21.2 Å². The number of anilines is 2. The highest BCUT2D eigenvalue weighted by Crippen LogP contribution is 2.43. The van der Waals surface area contributed by atoms with Gasteiger partial charge in [-0.3, -0.25) is 4.79 Å². The molecule has 2 unspecified atom stereocenters. The first kappa shape index (κ1) is 21.7. The molecule has 3 fully saturated rings. The van der Waals surface area contributed by atoms with Gasteiger partial charge < -0.3 is 15.1 Å². The number of carbonyl (C=O) groups is 3. The van der Waals surface area contributed by atoms with Crippen molar-refractivity contribution in [3.63, 3.8) is 0 Å². The van der Waals surface area contributed by atoms with Crippen molar-refractivity contribution < 1.29 is 14.4 Å².